The molecule has 0 aromatic carbocycles. The highest BCUT2D eigenvalue weighted by molar-refractivity contribution is 6.05. The zero-order valence-electron chi connectivity index (χ0n) is 21.8. The van der Waals surface area contributed by atoms with Crippen molar-refractivity contribution in [2.75, 3.05) is 23.7 Å². The smallest absolute Gasteiger partial charge is 0.257 e. The number of hydrogen-bond donors (Lipinski definition) is 2. The number of anilines is 2. The summed E-state index contributed by atoms with van der Waals surface area (Å²) >= 11 is 0. The van der Waals surface area contributed by atoms with Gasteiger partial charge in [-0.05, 0) is 69.0 Å². The summed E-state index contributed by atoms with van der Waals surface area (Å²) in [6.45, 7) is 7.72. The van der Waals surface area contributed by atoms with Crippen LogP contribution in [0.5, 0.6) is 0 Å². The fourth-order valence-corrected chi connectivity index (χ4v) is 5.22. The first-order chi connectivity index (χ1) is 17.7. The second-order valence-corrected chi connectivity index (χ2v) is 10.7. The third-order valence-electron chi connectivity index (χ3n) is 7.30. The normalized spacial score (nSPS) is 18.7. The van der Waals surface area contributed by atoms with E-state index in [0.29, 0.717) is 23.5 Å². The van der Waals surface area contributed by atoms with Gasteiger partial charge in [-0.15, -0.1) is 0 Å². The first-order valence-corrected chi connectivity index (χ1v) is 12.7. The van der Waals surface area contributed by atoms with Crippen LogP contribution in [0.4, 0.5) is 11.4 Å². The van der Waals surface area contributed by atoms with Crippen molar-refractivity contribution in [1.29, 1.82) is 0 Å². The maximum absolute atomic E-state index is 13.1. The molecule has 2 N–H and O–H groups in total. The lowest BCUT2D eigenvalue weighted by atomic mass is 9.85. The Morgan fingerprint density at radius 2 is 1.89 bits per heavy atom. The van der Waals surface area contributed by atoms with Crippen LogP contribution in [0.3, 0.4) is 0 Å². The van der Waals surface area contributed by atoms with Gasteiger partial charge < -0.3 is 10.6 Å². The molecular weight excluding hydrogens is 466 g/mol. The third kappa shape index (κ3) is 5.46. The van der Waals surface area contributed by atoms with Crippen molar-refractivity contribution in [1.82, 2.24) is 24.6 Å². The van der Waals surface area contributed by atoms with Crippen molar-refractivity contribution >= 4 is 34.8 Å². The van der Waals surface area contributed by atoms with Gasteiger partial charge in [0, 0.05) is 36.5 Å². The van der Waals surface area contributed by atoms with E-state index < -0.39 is 0 Å². The Morgan fingerprint density at radius 1 is 1.11 bits per heavy atom. The van der Waals surface area contributed by atoms with Gasteiger partial charge in [-0.2, -0.15) is 5.10 Å². The maximum Gasteiger partial charge on any atom is 0.257 e. The SMILES string of the molecule is CC1CC(c2cnn(C)c2)=Cc2cc(C(=O)Nc3cncc(NC(=O)CN4CCCC4(C)C)c3)cnc21. The Balaban J connectivity index is 1.28. The van der Waals surface area contributed by atoms with Crippen LogP contribution < -0.4 is 10.6 Å². The predicted octanol–water partition coefficient (Wildman–Crippen LogP) is 4.32. The van der Waals surface area contributed by atoms with E-state index in [1.807, 2.05) is 25.5 Å². The lowest BCUT2D eigenvalue weighted by molar-refractivity contribution is -0.118. The van der Waals surface area contributed by atoms with E-state index in [9.17, 15) is 9.59 Å². The molecule has 3 aromatic rings. The first kappa shape index (κ1) is 24.8. The molecule has 1 aliphatic heterocycles. The number of pyridine rings is 2. The van der Waals surface area contributed by atoms with Crippen LogP contribution in [0, 0.1) is 0 Å². The summed E-state index contributed by atoms with van der Waals surface area (Å²) in [6, 6.07) is 3.59. The number of likely N-dealkylation sites (tertiary alicyclic amines) is 1. The lowest BCUT2D eigenvalue weighted by Crippen LogP contribution is -2.42. The Kier molecular flexibility index (Phi) is 6.64. The molecule has 2 amide bonds. The number of aryl methyl sites for hydroxylation is 1. The van der Waals surface area contributed by atoms with Crippen LogP contribution in [0.2, 0.25) is 0 Å². The van der Waals surface area contributed by atoms with E-state index in [1.165, 1.54) is 5.57 Å². The van der Waals surface area contributed by atoms with E-state index in [-0.39, 0.29) is 23.3 Å². The summed E-state index contributed by atoms with van der Waals surface area (Å²) in [5, 5.41) is 10.1. The molecule has 9 heteroatoms. The molecule has 3 aromatic heterocycles. The minimum absolute atomic E-state index is 0.0278. The number of fused-ring (bicyclic) bond motifs is 1. The third-order valence-corrected chi connectivity index (χ3v) is 7.30. The minimum atomic E-state index is -0.283. The van der Waals surface area contributed by atoms with E-state index in [4.69, 9.17) is 0 Å². The number of allylic oxidation sites excluding steroid dienone is 1. The molecule has 0 radical (unpaired) electrons. The molecule has 1 atom stereocenters. The van der Waals surface area contributed by atoms with Gasteiger partial charge in [-0.1, -0.05) is 6.92 Å². The Labute approximate surface area is 217 Å². The number of nitrogens with zero attached hydrogens (tertiary/aromatic N) is 5. The van der Waals surface area contributed by atoms with Crippen molar-refractivity contribution in [3.63, 3.8) is 0 Å². The fourth-order valence-electron chi connectivity index (χ4n) is 5.22. The maximum atomic E-state index is 13.1. The van der Waals surface area contributed by atoms with Crippen LogP contribution in [0.15, 0.2) is 43.1 Å². The second-order valence-electron chi connectivity index (χ2n) is 10.7. The topological polar surface area (TPSA) is 105 Å². The average Bonchev–Trinajstić information content (AvgIpc) is 3.43. The fraction of sp³-hybridized carbons (Fsp3) is 0.393. The second kappa shape index (κ2) is 9.89. The molecule has 1 saturated heterocycles. The standard InChI is InChI=1S/C28H33N7O2/c1-18-8-19(22-13-31-34(4)16-22)9-20-10-21(12-30-26(18)20)27(37)33-24-11-23(14-29-15-24)32-25(36)17-35-7-5-6-28(35,2)3/h9-16,18H,5-8,17H2,1-4H3,(H,32,36)(H,33,37). The first-order valence-electron chi connectivity index (χ1n) is 12.7. The van der Waals surface area contributed by atoms with Crippen molar-refractivity contribution in [3.05, 3.63) is 65.5 Å². The summed E-state index contributed by atoms with van der Waals surface area (Å²) in [5.41, 5.74) is 5.71. The Morgan fingerprint density at radius 3 is 2.59 bits per heavy atom. The molecule has 9 nitrogen and oxygen atoms in total. The lowest BCUT2D eigenvalue weighted by Gasteiger charge is -2.30. The highest BCUT2D eigenvalue weighted by Gasteiger charge is 2.32. The Bertz CT molecular complexity index is 1370. The van der Waals surface area contributed by atoms with Gasteiger partial charge in [0.1, 0.15) is 0 Å². The monoisotopic (exact) mass is 499 g/mol. The van der Waals surface area contributed by atoms with E-state index in [1.54, 1.807) is 29.3 Å². The largest absolute Gasteiger partial charge is 0.324 e. The quantitative estimate of drug-likeness (QED) is 0.523. The number of carbonyl (C=O) groups is 2. The summed E-state index contributed by atoms with van der Waals surface area (Å²) in [5.74, 6) is -0.138. The van der Waals surface area contributed by atoms with Gasteiger partial charge in [0.15, 0.2) is 0 Å². The van der Waals surface area contributed by atoms with Crippen LogP contribution in [0.25, 0.3) is 11.6 Å². The molecule has 1 fully saturated rings. The summed E-state index contributed by atoms with van der Waals surface area (Å²) in [7, 11) is 1.90. The summed E-state index contributed by atoms with van der Waals surface area (Å²) in [6.07, 6.45) is 13.8. The number of nitrogens with one attached hydrogen (secondary N) is 2. The summed E-state index contributed by atoms with van der Waals surface area (Å²) < 4.78 is 1.79. The number of aromatic nitrogens is 4. The van der Waals surface area contributed by atoms with Crippen LogP contribution in [-0.4, -0.2) is 55.1 Å². The number of carbonyl (C=O) groups excluding carboxylic acids is 2. The molecular formula is C28H33N7O2. The van der Waals surface area contributed by atoms with Crippen LogP contribution >= 0.6 is 0 Å². The number of rotatable bonds is 6. The van der Waals surface area contributed by atoms with Crippen LogP contribution in [-0.2, 0) is 11.8 Å². The molecule has 1 unspecified atom stereocenters. The van der Waals surface area contributed by atoms with Gasteiger partial charge >= 0.3 is 0 Å². The average molecular weight is 500 g/mol. The highest BCUT2D eigenvalue weighted by Crippen LogP contribution is 2.37. The van der Waals surface area contributed by atoms with Crippen molar-refractivity contribution in [2.45, 2.75) is 51.5 Å². The molecule has 0 saturated carbocycles. The van der Waals surface area contributed by atoms with Gasteiger partial charge in [0.05, 0.1) is 47.8 Å². The van der Waals surface area contributed by atoms with E-state index >= 15 is 0 Å². The van der Waals surface area contributed by atoms with Gasteiger partial charge in [-0.25, -0.2) is 0 Å². The zero-order valence-corrected chi connectivity index (χ0v) is 21.8. The molecule has 1 aliphatic carbocycles. The van der Waals surface area contributed by atoms with E-state index in [2.05, 4.69) is 57.4 Å². The molecule has 37 heavy (non-hydrogen) atoms. The molecule has 0 spiro atoms. The predicted molar refractivity (Wildman–Crippen MR) is 144 cm³/mol. The molecule has 4 heterocycles. The van der Waals surface area contributed by atoms with Gasteiger partial charge in [0.25, 0.3) is 5.91 Å². The van der Waals surface area contributed by atoms with Gasteiger partial charge in [0.2, 0.25) is 5.91 Å². The van der Waals surface area contributed by atoms with Crippen LogP contribution in [0.1, 0.15) is 73.1 Å². The van der Waals surface area contributed by atoms with Crippen molar-refractivity contribution < 1.29 is 9.59 Å². The zero-order chi connectivity index (χ0) is 26.2. The van der Waals surface area contributed by atoms with Crippen molar-refractivity contribution in [3.8, 4) is 0 Å². The summed E-state index contributed by atoms with van der Waals surface area (Å²) in [4.78, 5) is 36.7. The van der Waals surface area contributed by atoms with Gasteiger partial charge in [-0.3, -0.25) is 29.1 Å². The molecule has 192 valence electrons. The van der Waals surface area contributed by atoms with E-state index in [0.717, 1.165) is 42.6 Å². The number of hydrogen-bond acceptors (Lipinski definition) is 6. The Hall–Kier alpha value is -3.85. The van der Waals surface area contributed by atoms with Crippen molar-refractivity contribution in [2.24, 2.45) is 7.05 Å². The molecule has 5 rings (SSSR count). The highest BCUT2D eigenvalue weighted by atomic mass is 16.2. The molecule has 0 bridgehead atoms. The number of amides is 2. The minimum Gasteiger partial charge on any atom is -0.324 e. The molecule has 2 aliphatic rings.